The second kappa shape index (κ2) is 20.6. The number of aryl methyl sites for hydroxylation is 4. The topological polar surface area (TPSA) is 107 Å². The third-order valence-electron chi connectivity index (χ3n) is 10.5. The first-order valence-electron chi connectivity index (χ1n) is 18.8. The van der Waals surface area contributed by atoms with Crippen LogP contribution in [0, 0.1) is 5.92 Å². The number of aliphatic carboxylic acids is 1. The predicted octanol–water partition coefficient (Wildman–Crippen LogP) is 9.92. The molecule has 2 N–H and O–H groups in total. The highest BCUT2D eigenvalue weighted by Crippen LogP contribution is 2.45. The molecule has 2 aliphatic carbocycles. The second-order valence-corrected chi connectivity index (χ2v) is 18.9. The number of rotatable bonds is 5. The largest absolute Gasteiger partial charge is 0.548 e. The van der Waals surface area contributed by atoms with Crippen LogP contribution in [-0.2, 0) is 48.1 Å². The molecule has 0 radical (unpaired) electrons. The molecule has 3 aliphatic rings. The molecule has 2 atom stereocenters. The number of halogens is 6. The molecule has 0 spiro atoms. The third kappa shape index (κ3) is 11.8. The van der Waals surface area contributed by atoms with Gasteiger partial charge in [-0.15, -0.1) is 0 Å². The van der Waals surface area contributed by atoms with E-state index in [1.165, 1.54) is 64.5 Å². The van der Waals surface area contributed by atoms with Crippen LogP contribution < -0.4 is 15.7 Å². The van der Waals surface area contributed by atoms with Gasteiger partial charge in [0.25, 0.3) is 0 Å². The van der Waals surface area contributed by atoms with Crippen LogP contribution in [-0.4, -0.2) is 41.0 Å². The van der Waals surface area contributed by atoms with Gasteiger partial charge in [0.05, 0.1) is 17.7 Å². The van der Waals surface area contributed by atoms with Gasteiger partial charge in [-0.2, -0.15) is 0 Å². The van der Waals surface area contributed by atoms with Gasteiger partial charge in [0.2, 0.25) is 5.91 Å². The Hall–Kier alpha value is -2.64. The summed E-state index contributed by atoms with van der Waals surface area (Å²) in [6.07, 6.45) is 11.4. The first-order valence-corrected chi connectivity index (χ1v) is 22.7. The van der Waals surface area contributed by atoms with Crippen molar-refractivity contribution in [2.45, 2.75) is 70.3 Å². The molecule has 1 saturated heterocycles. The third-order valence-corrected chi connectivity index (χ3v) is 13.2. The molecule has 13 heteroatoms. The summed E-state index contributed by atoms with van der Waals surface area (Å²) in [5, 5.41) is 18.1. The highest BCUT2D eigenvalue weighted by Gasteiger charge is 2.34. The lowest BCUT2D eigenvalue weighted by Gasteiger charge is -2.32. The molecule has 1 unspecified atom stereocenters. The maximum atomic E-state index is 10.7. The molecule has 8 rings (SSSR count). The highest BCUT2D eigenvalue weighted by molar-refractivity contribution is 9.11. The molecule has 5 aromatic rings. The first-order chi connectivity index (χ1) is 27.4. The molecule has 3 heterocycles. The van der Waals surface area contributed by atoms with Crippen LogP contribution in [0.4, 0.5) is 0 Å². The van der Waals surface area contributed by atoms with Gasteiger partial charge in [-0.05, 0) is 171 Å². The number of carbonyl (C=O) groups excluding carboxylic acids is 2. The zero-order valence-electron chi connectivity index (χ0n) is 31.2. The van der Waals surface area contributed by atoms with Gasteiger partial charge in [-0.3, -0.25) is 14.8 Å². The number of pyridine rings is 2. The SMILES string of the molecule is CC(=O)NC(Cc1ccccc1)C(=O)[O-].Clc1cc(Br)c2c(c1)CCc1cc(Br)cnc1C2.Clc1cc(Br)c2c(c1)CCc1cc(Br)cnc1[C@@H]2C1CCNCC1. The highest BCUT2D eigenvalue weighted by atomic mass is 79.9. The standard InChI is InChI=1S/C19H19Br2ClN2.C14H10Br2ClN.C11H13NO3/c20-14-7-13-2-1-12-8-15(22)9-16(21)17(12)18(19(13)24-10-14)11-3-5-23-6-4-11;15-10-3-9-2-1-8-4-11(17)5-13(16)12(8)6-14(9)18-7-10;1-8(13)12-10(11(14)15)7-9-5-3-2-4-6-9/h7-11,18,23H,1-6H2;3-5,7H,1-2,6H2;2-6,10H,7H2,1H3,(H,12,13)(H,14,15)/p-1/t18-;;/m1../s1. The number of carboxylic acid groups (broad SMARTS) is 1. The smallest absolute Gasteiger partial charge is 0.217 e. The van der Waals surface area contributed by atoms with Gasteiger partial charge >= 0.3 is 0 Å². The average Bonchev–Trinajstić information content (AvgIpc) is 3.45. The van der Waals surface area contributed by atoms with Gasteiger partial charge in [0.15, 0.2) is 0 Å². The molecule has 1 aliphatic heterocycles. The normalized spacial score (nSPS) is 16.3. The molecule has 298 valence electrons. The number of hydrogen-bond donors (Lipinski definition) is 2. The number of fused-ring (bicyclic) bond motifs is 4. The molecular formula is C44H41Br4Cl2N4O3-. The second-order valence-electron chi connectivity index (χ2n) is 14.4. The van der Waals surface area contributed by atoms with Crippen molar-refractivity contribution in [1.29, 1.82) is 0 Å². The van der Waals surface area contributed by atoms with Crippen molar-refractivity contribution >= 4 is 98.8 Å². The van der Waals surface area contributed by atoms with Crippen molar-refractivity contribution in [3.05, 3.63) is 157 Å². The molecule has 3 aromatic carbocycles. The van der Waals surface area contributed by atoms with Gasteiger partial charge in [0, 0.05) is 65.3 Å². The van der Waals surface area contributed by atoms with Crippen LogP contribution in [0.25, 0.3) is 0 Å². The zero-order chi connectivity index (χ0) is 40.6. The average molecular weight is 1060 g/mol. The summed E-state index contributed by atoms with van der Waals surface area (Å²) in [6, 6.07) is 20.8. The van der Waals surface area contributed by atoms with Gasteiger partial charge in [0.1, 0.15) is 0 Å². The molecule has 7 nitrogen and oxygen atoms in total. The fourth-order valence-corrected chi connectivity index (χ4v) is 10.8. The Kier molecular flexibility index (Phi) is 15.8. The summed E-state index contributed by atoms with van der Waals surface area (Å²) < 4.78 is 4.33. The predicted molar refractivity (Wildman–Crippen MR) is 240 cm³/mol. The number of piperidine rings is 1. The summed E-state index contributed by atoms with van der Waals surface area (Å²) in [5.41, 5.74) is 11.4. The zero-order valence-corrected chi connectivity index (χ0v) is 39.1. The Morgan fingerprint density at radius 3 is 2.09 bits per heavy atom. The maximum Gasteiger partial charge on any atom is 0.217 e. The lowest BCUT2D eigenvalue weighted by molar-refractivity contribution is -0.308. The summed E-state index contributed by atoms with van der Waals surface area (Å²) in [4.78, 5) is 30.9. The van der Waals surface area contributed by atoms with E-state index in [1.807, 2.05) is 42.7 Å². The number of benzene rings is 3. The van der Waals surface area contributed by atoms with E-state index < -0.39 is 12.0 Å². The van der Waals surface area contributed by atoms with Crippen LogP contribution in [0.2, 0.25) is 10.0 Å². The minimum atomic E-state index is -1.27. The van der Waals surface area contributed by atoms with Crippen LogP contribution in [0.5, 0.6) is 0 Å². The Balaban J connectivity index is 0.000000150. The Bertz CT molecular complexity index is 2240. The van der Waals surface area contributed by atoms with E-state index in [4.69, 9.17) is 28.2 Å². The van der Waals surface area contributed by atoms with Crippen LogP contribution in [0.15, 0.2) is 97.0 Å². The number of nitrogens with zero attached hydrogens (tertiary/aromatic N) is 2. The summed E-state index contributed by atoms with van der Waals surface area (Å²) in [7, 11) is 0. The molecular weight excluding hydrogens is 1020 g/mol. The molecule has 0 bridgehead atoms. The number of carbonyl (C=O) groups is 2. The molecule has 57 heavy (non-hydrogen) atoms. The molecule has 1 fully saturated rings. The van der Waals surface area contributed by atoms with E-state index in [-0.39, 0.29) is 12.3 Å². The lowest BCUT2D eigenvalue weighted by atomic mass is 9.77. The van der Waals surface area contributed by atoms with Crippen LogP contribution >= 0.6 is 86.9 Å². The van der Waals surface area contributed by atoms with Crippen molar-refractivity contribution < 1.29 is 14.7 Å². The molecule has 0 saturated carbocycles. The maximum absolute atomic E-state index is 10.7. The summed E-state index contributed by atoms with van der Waals surface area (Å²) in [6.45, 7) is 3.46. The first kappa shape index (κ1) is 43.9. The summed E-state index contributed by atoms with van der Waals surface area (Å²) >= 11 is 27.0. The number of amides is 1. The van der Waals surface area contributed by atoms with E-state index in [0.717, 1.165) is 78.7 Å². The fourth-order valence-electron chi connectivity index (χ4n) is 7.90. The van der Waals surface area contributed by atoms with E-state index in [0.29, 0.717) is 11.8 Å². The van der Waals surface area contributed by atoms with Gasteiger partial charge in [-0.1, -0.05) is 85.4 Å². The quantitative estimate of drug-likeness (QED) is 0.182. The Morgan fingerprint density at radius 1 is 0.807 bits per heavy atom. The number of hydrogen-bond acceptors (Lipinski definition) is 6. The van der Waals surface area contributed by atoms with E-state index in [1.54, 1.807) is 12.1 Å². The van der Waals surface area contributed by atoms with Crippen molar-refractivity contribution in [3.8, 4) is 0 Å². The monoisotopic (exact) mass is 1060 g/mol. The van der Waals surface area contributed by atoms with Crippen LogP contribution in [0.1, 0.15) is 76.0 Å². The Labute approximate surface area is 377 Å². The molecule has 2 aromatic heterocycles. The fraction of sp³-hybridized carbons (Fsp3) is 0.318. The molecule has 1 amide bonds. The van der Waals surface area contributed by atoms with Gasteiger partial charge < -0.3 is 20.5 Å². The summed E-state index contributed by atoms with van der Waals surface area (Å²) in [5.74, 6) is -0.679. The van der Waals surface area contributed by atoms with E-state index >= 15 is 0 Å². The minimum Gasteiger partial charge on any atom is -0.548 e. The van der Waals surface area contributed by atoms with Crippen molar-refractivity contribution in [2.75, 3.05) is 13.1 Å². The minimum absolute atomic E-state index is 0.239. The van der Waals surface area contributed by atoms with E-state index in [9.17, 15) is 14.7 Å². The number of nitrogens with one attached hydrogen (secondary N) is 2. The van der Waals surface area contributed by atoms with Crippen molar-refractivity contribution in [1.82, 2.24) is 20.6 Å². The van der Waals surface area contributed by atoms with Crippen molar-refractivity contribution in [2.24, 2.45) is 5.92 Å². The lowest BCUT2D eigenvalue weighted by Crippen LogP contribution is -2.48. The number of carboxylic acids is 1. The number of aromatic nitrogens is 2. The van der Waals surface area contributed by atoms with E-state index in [2.05, 4.69) is 104 Å². The van der Waals surface area contributed by atoms with Gasteiger partial charge in [-0.25, -0.2) is 0 Å². The Morgan fingerprint density at radius 2 is 1.40 bits per heavy atom. The van der Waals surface area contributed by atoms with Crippen molar-refractivity contribution in [3.63, 3.8) is 0 Å². The van der Waals surface area contributed by atoms with Crippen LogP contribution in [0.3, 0.4) is 0 Å².